The van der Waals surface area contributed by atoms with E-state index in [2.05, 4.69) is 51.6 Å². The Morgan fingerprint density at radius 1 is 0.929 bits per heavy atom. The monoisotopic (exact) mass is 369 g/mol. The molecule has 5 heteroatoms. The van der Waals surface area contributed by atoms with Crippen molar-refractivity contribution in [2.75, 3.05) is 23.7 Å². The predicted octanol–water partition coefficient (Wildman–Crippen LogP) is 4.88. The van der Waals surface area contributed by atoms with Crippen molar-refractivity contribution in [1.82, 2.24) is 15.0 Å². The van der Waals surface area contributed by atoms with Crippen LogP contribution in [0.2, 0.25) is 0 Å². The predicted molar refractivity (Wildman–Crippen MR) is 117 cm³/mol. The van der Waals surface area contributed by atoms with Crippen molar-refractivity contribution in [3.8, 4) is 11.4 Å². The van der Waals surface area contributed by atoms with Gasteiger partial charge in [0.05, 0.1) is 0 Å². The minimum absolute atomic E-state index is 0.653. The van der Waals surface area contributed by atoms with Gasteiger partial charge in [-0.25, -0.2) is 9.97 Å². The Balaban J connectivity index is 1.52. The van der Waals surface area contributed by atoms with Crippen LogP contribution in [0.5, 0.6) is 0 Å². The van der Waals surface area contributed by atoms with Gasteiger partial charge in [-0.2, -0.15) is 0 Å². The summed E-state index contributed by atoms with van der Waals surface area (Å²) in [5.74, 6) is 2.29. The Morgan fingerprint density at radius 3 is 2.50 bits per heavy atom. The lowest BCUT2D eigenvalue weighted by atomic mass is 10.1. The average Bonchev–Trinajstić information content (AvgIpc) is 3.16. The summed E-state index contributed by atoms with van der Waals surface area (Å²) in [4.78, 5) is 12.6. The zero-order valence-electron chi connectivity index (χ0n) is 15.7. The second-order valence-corrected chi connectivity index (χ2v) is 6.53. The molecule has 5 nitrogen and oxygen atoms in total. The van der Waals surface area contributed by atoms with Crippen molar-refractivity contribution in [3.63, 3.8) is 0 Å². The number of benzene rings is 2. The quantitative estimate of drug-likeness (QED) is 0.387. The van der Waals surface area contributed by atoms with E-state index in [1.165, 1.54) is 16.5 Å². The third-order valence-electron chi connectivity index (χ3n) is 4.56. The van der Waals surface area contributed by atoms with Crippen LogP contribution in [-0.2, 0) is 6.42 Å². The number of hydrogen-bond acceptors (Lipinski definition) is 4. The number of nitrogens with one attached hydrogen (secondary N) is 3. The van der Waals surface area contributed by atoms with E-state index in [1.807, 2.05) is 48.5 Å². The Morgan fingerprint density at radius 2 is 1.68 bits per heavy atom. The van der Waals surface area contributed by atoms with E-state index >= 15 is 0 Å². The van der Waals surface area contributed by atoms with Crippen LogP contribution in [0.3, 0.4) is 0 Å². The number of aromatic amines is 1. The number of H-pyrrole nitrogens is 1. The molecule has 2 heterocycles. The number of hydrogen-bond donors (Lipinski definition) is 3. The van der Waals surface area contributed by atoms with E-state index in [1.54, 1.807) is 0 Å². The lowest BCUT2D eigenvalue weighted by molar-refractivity contribution is 1.01. The molecular formula is C23H23N5. The van der Waals surface area contributed by atoms with Gasteiger partial charge in [0, 0.05) is 41.8 Å². The van der Waals surface area contributed by atoms with Gasteiger partial charge in [-0.1, -0.05) is 54.6 Å². The van der Waals surface area contributed by atoms with Crippen molar-refractivity contribution in [2.45, 2.75) is 6.42 Å². The normalized spacial score (nSPS) is 10.7. The van der Waals surface area contributed by atoms with Crippen LogP contribution < -0.4 is 10.6 Å². The molecule has 0 spiro atoms. The SMILES string of the molecule is C=CCNc1cc(NCCc2c[nH]c3ccccc23)nc(-c2ccccc2)n1. The maximum atomic E-state index is 4.70. The maximum absolute atomic E-state index is 4.70. The van der Waals surface area contributed by atoms with Crippen molar-refractivity contribution < 1.29 is 0 Å². The molecule has 0 radical (unpaired) electrons. The lowest BCUT2D eigenvalue weighted by Gasteiger charge is -2.11. The molecule has 3 N–H and O–H groups in total. The van der Waals surface area contributed by atoms with Gasteiger partial charge in [0.15, 0.2) is 5.82 Å². The molecule has 2 aromatic carbocycles. The van der Waals surface area contributed by atoms with Gasteiger partial charge in [0.25, 0.3) is 0 Å². The summed E-state index contributed by atoms with van der Waals surface area (Å²) in [6.07, 6.45) is 4.80. The van der Waals surface area contributed by atoms with Crippen LogP contribution in [0, 0.1) is 0 Å². The number of anilines is 2. The molecule has 0 bridgehead atoms. The molecule has 0 fully saturated rings. The first-order valence-corrected chi connectivity index (χ1v) is 9.41. The Bertz CT molecular complexity index is 1070. The fourth-order valence-electron chi connectivity index (χ4n) is 3.19. The van der Waals surface area contributed by atoms with Crippen LogP contribution in [-0.4, -0.2) is 28.0 Å². The zero-order valence-corrected chi connectivity index (χ0v) is 15.7. The topological polar surface area (TPSA) is 65.6 Å². The zero-order chi connectivity index (χ0) is 19.2. The summed E-state index contributed by atoms with van der Waals surface area (Å²) in [5, 5.41) is 7.97. The smallest absolute Gasteiger partial charge is 0.163 e. The van der Waals surface area contributed by atoms with Crippen LogP contribution in [0.1, 0.15) is 5.56 Å². The van der Waals surface area contributed by atoms with Gasteiger partial charge < -0.3 is 15.6 Å². The first-order valence-electron chi connectivity index (χ1n) is 9.41. The second kappa shape index (κ2) is 8.39. The summed E-state index contributed by atoms with van der Waals surface area (Å²) in [6.45, 7) is 5.20. The Hall–Kier alpha value is -3.60. The van der Waals surface area contributed by atoms with Crippen LogP contribution in [0.25, 0.3) is 22.3 Å². The largest absolute Gasteiger partial charge is 0.370 e. The third kappa shape index (κ3) is 4.04. The molecule has 0 unspecified atom stereocenters. The molecule has 0 aliphatic heterocycles. The molecular weight excluding hydrogens is 346 g/mol. The summed E-state index contributed by atoms with van der Waals surface area (Å²) in [7, 11) is 0. The fraction of sp³-hybridized carbons (Fsp3) is 0.130. The number of rotatable bonds is 8. The van der Waals surface area contributed by atoms with E-state index in [0.29, 0.717) is 12.4 Å². The fourth-order valence-corrected chi connectivity index (χ4v) is 3.19. The maximum Gasteiger partial charge on any atom is 0.163 e. The molecule has 0 saturated carbocycles. The van der Waals surface area contributed by atoms with Gasteiger partial charge >= 0.3 is 0 Å². The van der Waals surface area contributed by atoms with Gasteiger partial charge in [-0.05, 0) is 18.1 Å². The second-order valence-electron chi connectivity index (χ2n) is 6.53. The average molecular weight is 369 g/mol. The Kier molecular flexibility index (Phi) is 5.33. The minimum Gasteiger partial charge on any atom is -0.370 e. The molecule has 0 aliphatic rings. The standard InChI is InChI=1S/C23H23N5/c1-2-13-24-21-15-22(28-23(27-21)17-8-4-3-5-9-17)25-14-12-18-16-26-20-11-7-6-10-19(18)20/h2-11,15-16,26H,1,12-14H2,(H2,24,25,27,28). The van der Waals surface area contributed by atoms with E-state index in [9.17, 15) is 0 Å². The van der Waals surface area contributed by atoms with E-state index in [0.717, 1.165) is 30.2 Å². The van der Waals surface area contributed by atoms with Crippen molar-refractivity contribution in [1.29, 1.82) is 0 Å². The molecule has 0 aliphatic carbocycles. The highest BCUT2D eigenvalue weighted by Crippen LogP contribution is 2.21. The van der Waals surface area contributed by atoms with Crippen LogP contribution in [0.4, 0.5) is 11.6 Å². The van der Waals surface area contributed by atoms with E-state index < -0.39 is 0 Å². The molecule has 2 aromatic heterocycles. The number of aromatic nitrogens is 3. The van der Waals surface area contributed by atoms with E-state index in [-0.39, 0.29) is 0 Å². The Labute approximate surface area is 164 Å². The highest BCUT2D eigenvalue weighted by molar-refractivity contribution is 5.83. The molecule has 0 atom stereocenters. The summed E-state index contributed by atoms with van der Waals surface area (Å²) < 4.78 is 0. The highest BCUT2D eigenvalue weighted by Gasteiger charge is 2.07. The van der Waals surface area contributed by atoms with Crippen LogP contribution >= 0.6 is 0 Å². The summed E-state index contributed by atoms with van der Waals surface area (Å²) in [5.41, 5.74) is 3.46. The molecule has 140 valence electrons. The van der Waals surface area contributed by atoms with Gasteiger partial charge in [0.1, 0.15) is 11.6 Å². The number of para-hydroxylation sites is 1. The molecule has 4 rings (SSSR count). The first kappa shape index (κ1) is 17.8. The van der Waals surface area contributed by atoms with Gasteiger partial charge in [-0.15, -0.1) is 6.58 Å². The highest BCUT2D eigenvalue weighted by atomic mass is 15.1. The van der Waals surface area contributed by atoms with Gasteiger partial charge in [-0.3, -0.25) is 0 Å². The summed E-state index contributed by atoms with van der Waals surface area (Å²) >= 11 is 0. The molecule has 0 amide bonds. The first-order chi connectivity index (χ1) is 13.8. The van der Waals surface area contributed by atoms with Gasteiger partial charge in [0.2, 0.25) is 0 Å². The van der Waals surface area contributed by atoms with Crippen molar-refractivity contribution in [3.05, 3.63) is 85.1 Å². The van der Waals surface area contributed by atoms with Crippen LogP contribution in [0.15, 0.2) is 79.5 Å². The molecule has 28 heavy (non-hydrogen) atoms. The number of nitrogens with zero attached hydrogens (tertiary/aromatic N) is 2. The number of fused-ring (bicyclic) bond motifs is 1. The van der Waals surface area contributed by atoms with E-state index in [4.69, 9.17) is 4.98 Å². The molecule has 4 aromatic rings. The summed E-state index contributed by atoms with van der Waals surface area (Å²) in [6, 6.07) is 20.3. The lowest BCUT2D eigenvalue weighted by Crippen LogP contribution is -2.09. The van der Waals surface area contributed by atoms with Crippen molar-refractivity contribution >= 4 is 22.5 Å². The molecule has 0 saturated heterocycles. The third-order valence-corrected chi connectivity index (χ3v) is 4.56. The minimum atomic E-state index is 0.653. The van der Waals surface area contributed by atoms with Crippen molar-refractivity contribution in [2.24, 2.45) is 0 Å².